The Morgan fingerprint density at radius 1 is 0.829 bits per heavy atom. The summed E-state index contributed by atoms with van der Waals surface area (Å²) >= 11 is 9.34. The Balaban J connectivity index is 2.74. The van der Waals surface area contributed by atoms with E-state index >= 15 is 0 Å². The summed E-state index contributed by atoms with van der Waals surface area (Å²) in [5.74, 6) is -0.942. The van der Waals surface area contributed by atoms with Gasteiger partial charge < -0.3 is 44.1 Å². The van der Waals surface area contributed by atoms with Gasteiger partial charge in [-0.05, 0) is 24.6 Å². The molecule has 0 bridgehead atoms. The Kier molecular flexibility index (Phi) is 15.4. The molecule has 0 amide bonds. The molecule has 1 aliphatic rings. The number of unbranched alkanes of at least 4 members (excludes halogenated alkanes) is 4. The van der Waals surface area contributed by atoms with Crippen LogP contribution in [0.5, 0.6) is 0 Å². The lowest BCUT2D eigenvalue weighted by atomic mass is 9.85. The van der Waals surface area contributed by atoms with Crippen molar-refractivity contribution in [2.24, 2.45) is 0 Å². The van der Waals surface area contributed by atoms with Crippen molar-refractivity contribution in [2.75, 3.05) is 13.2 Å². The predicted molar refractivity (Wildman–Crippen MR) is 133 cm³/mol. The van der Waals surface area contributed by atoms with Crippen LogP contribution >= 0.6 is 17.9 Å². The highest BCUT2D eigenvalue weighted by Gasteiger charge is 2.50. The number of carbonyl (C=O) groups excluding carboxylic acids is 2. The summed E-state index contributed by atoms with van der Waals surface area (Å²) in [5.41, 5.74) is -3.53. The number of aliphatic hydroxyl groups excluding tert-OH is 5. The SMILES string of the molecule is CCCCCC(=O)OC[C@H](COP(=S)(S)OC1[C@H](O)[C@H](O)C(O)[C@H](O)[C@H]1O)OC(=O)CCCCC. The van der Waals surface area contributed by atoms with Crippen LogP contribution in [-0.4, -0.2) is 93.4 Å². The second kappa shape index (κ2) is 16.5. The molecule has 1 aliphatic carbocycles. The fourth-order valence-electron chi connectivity index (χ4n) is 3.34. The van der Waals surface area contributed by atoms with E-state index in [0.717, 1.165) is 25.7 Å². The van der Waals surface area contributed by atoms with Crippen LogP contribution in [0, 0.1) is 0 Å². The van der Waals surface area contributed by atoms with Crippen LogP contribution in [0.2, 0.25) is 0 Å². The zero-order valence-electron chi connectivity index (χ0n) is 20.1. The van der Waals surface area contributed by atoms with Crippen molar-refractivity contribution < 1.29 is 53.6 Å². The lowest BCUT2D eigenvalue weighted by Crippen LogP contribution is -2.64. The average molecular weight is 563 g/mol. The molecule has 206 valence electrons. The number of aliphatic hydroxyl groups is 5. The molecule has 0 heterocycles. The van der Waals surface area contributed by atoms with E-state index in [1.165, 1.54) is 0 Å². The third-order valence-corrected chi connectivity index (χ3v) is 7.64. The molecule has 0 saturated heterocycles. The average Bonchev–Trinajstić information content (AvgIpc) is 2.81. The molecule has 8 atom stereocenters. The molecule has 35 heavy (non-hydrogen) atoms. The second-order valence-electron chi connectivity index (χ2n) is 8.50. The molecular weight excluding hydrogens is 523 g/mol. The molecule has 0 aromatic heterocycles. The van der Waals surface area contributed by atoms with Gasteiger partial charge in [0.1, 0.15) is 43.2 Å². The Bertz CT molecular complexity index is 682. The quantitative estimate of drug-likeness (QED) is 0.0683. The van der Waals surface area contributed by atoms with Gasteiger partial charge in [0.05, 0.1) is 6.61 Å². The minimum Gasteiger partial charge on any atom is -0.462 e. The van der Waals surface area contributed by atoms with Crippen LogP contribution < -0.4 is 0 Å². The first-order chi connectivity index (χ1) is 16.4. The van der Waals surface area contributed by atoms with Gasteiger partial charge in [0.2, 0.25) is 5.69 Å². The minimum absolute atomic E-state index is 0.179. The molecule has 0 aromatic rings. The Morgan fingerprint density at radius 2 is 1.31 bits per heavy atom. The number of esters is 2. The largest absolute Gasteiger partial charge is 0.462 e. The maximum atomic E-state index is 12.2. The molecule has 0 spiro atoms. The molecule has 1 saturated carbocycles. The molecule has 14 heteroatoms. The molecule has 5 N–H and O–H groups in total. The number of ether oxygens (including phenoxy) is 2. The van der Waals surface area contributed by atoms with Gasteiger partial charge in [-0.25, -0.2) is 0 Å². The van der Waals surface area contributed by atoms with Gasteiger partial charge in [0.15, 0.2) is 6.10 Å². The fourth-order valence-corrected chi connectivity index (χ4v) is 5.32. The van der Waals surface area contributed by atoms with Crippen molar-refractivity contribution in [2.45, 2.75) is 108 Å². The van der Waals surface area contributed by atoms with E-state index in [1.54, 1.807) is 0 Å². The normalized spacial score (nSPS) is 29.3. The summed E-state index contributed by atoms with van der Waals surface area (Å²) in [6.07, 6.45) is -6.22. The zero-order valence-corrected chi connectivity index (χ0v) is 22.7. The van der Waals surface area contributed by atoms with E-state index in [1.807, 2.05) is 13.8 Å². The van der Waals surface area contributed by atoms with Crippen molar-refractivity contribution >= 4 is 41.7 Å². The summed E-state index contributed by atoms with van der Waals surface area (Å²) < 4.78 is 21.5. The van der Waals surface area contributed by atoms with Crippen molar-refractivity contribution in [3.05, 3.63) is 0 Å². The van der Waals surface area contributed by atoms with Gasteiger partial charge in [0, 0.05) is 12.8 Å². The molecule has 11 nitrogen and oxygen atoms in total. The van der Waals surface area contributed by atoms with Crippen LogP contribution in [0.25, 0.3) is 0 Å². The zero-order chi connectivity index (χ0) is 26.6. The van der Waals surface area contributed by atoms with Crippen molar-refractivity contribution in [3.8, 4) is 0 Å². The lowest BCUT2D eigenvalue weighted by molar-refractivity contribution is -0.216. The third kappa shape index (κ3) is 11.7. The Morgan fingerprint density at radius 3 is 1.83 bits per heavy atom. The van der Waals surface area contributed by atoms with Gasteiger partial charge in [0.25, 0.3) is 0 Å². The van der Waals surface area contributed by atoms with Gasteiger partial charge in [-0.15, -0.1) is 0 Å². The van der Waals surface area contributed by atoms with E-state index in [0.29, 0.717) is 12.8 Å². The van der Waals surface area contributed by atoms with E-state index in [2.05, 4.69) is 12.2 Å². The summed E-state index contributed by atoms with van der Waals surface area (Å²) in [7, 11) is 0. The summed E-state index contributed by atoms with van der Waals surface area (Å²) in [5, 5.41) is 49.7. The predicted octanol–water partition coefficient (Wildman–Crippen LogP) is 0.976. The molecule has 0 aromatic carbocycles. The smallest absolute Gasteiger partial charge is 0.306 e. The highest BCUT2D eigenvalue weighted by atomic mass is 32.9. The van der Waals surface area contributed by atoms with Gasteiger partial charge in [-0.1, -0.05) is 51.8 Å². The van der Waals surface area contributed by atoms with Crippen LogP contribution in [0.1, 0.15) is 65.2 Å². The first-order valence-electron chi connectivity index (χ1n) is 11.8. The molecule has 1 fully saturated rings. The summed E-state index contributed by atoms with van der Waals surface area (Å²) in [6.45, 7) is 3.38. The van der Waals surface area contributed by atoms with Crippen LogP contribution in [0.15, 0.2) is 0 Å². The van der Waals surface area contributed by atoms with Crippen molar-refractivity contribution in [1.82, 2.24) is 0 Å². The van der Waals surface area contributed by atoms with E-state index in [-0.39, 0.29) is 26.1 Å². The number of rotatable bonds is 16. The van der Waals surface area contributed by atoms with Crippen molar-refractivity contribution in [3.63, 3.8) is 0 Å². The number of hydrogen-bond donors (Lipinski definition) is 6. The molecule has 3 unspecified atom stereocenters. The highest BCUT2D eigenvalue weighted by Crippen LogP contribution is 2.55. The molecular formula is C21H39O11PS2. The number of carbonyl (C=O) groups is 2. The van der Waals surface area contributed by atoms with E-state index in [9.17, 15) is 35.1 Å². The maximum Gasteiger partial charge on any atom is 0.306 e. The van der Waals surface area contributed by atoms with E-state index in [4.69, 9.17) is 30.3 Å². The topological polar surface area (TPSA) is 172 Å². The number of thiol groups is 1. The highest BCUT2D eigenvalue weighted by molar-refractivity contribution is 8.60. The standard InChI is InChI=1S/C21H39O11PS2/c1-3-5-7-9-14(22)29-11-13(31-15(23)10-8-6-4-2)12-30-33(34,35)32-21-19(27)17(25)16(24)18(26)20(21)28/h13,16-21,24-28H,3-12H2,1-2H3,(H,34,35)/t13-,16?,17-,18+,19-,20-,21?/m1/s1. The van der Waals surface area contributed by atoms with Crippen LogP contribution in [0.4, 0.5) is 0 Å². The van der Waals surface area contributed by atoms with Crippen LogP contribution in [0.3, 0.4) is 0 Å². The lowest BCUT2D eigenvalue weighted by Gasteiger charge is -2.42. The number of hydrogen-bond acceptors (Lipinski definition) is 12. The minimum atomic E-state index is -3.53. The van der Waals surface area contributed by atoms with Crippen LogP contribution in [-0.2, 0) is 39.9 Å². The summed E-state index contributed by atoms with van der Waals surface area (Å²) in [4.78, 5) is 24.1. The van der Waals surface area contributed by atoms with Crippen molar-refractivity contribution in [1.29, 1.82) is 0 Å². The molecule has 1 rings (SSSR count). The first kappa shape index (κ1) is 32.7. The first-order valence-corrected chi connectivity index (χ1v) is 15.6. The third-order valence-electron chi connectivity index (χ3n) is 5.45. The van der Waals surface area contributed by atoms with Gasteiger partial charge >= 0.3 is 11.9 Å². The van der Waals surface area contributed by atoms with Gasteiger partial charge in [-0.2, -0.15) is 0 Å². The fraction of sp³-hybridized carbons (Fsp3) is 0.905. The Labute approximate surface area is 216 Å². The molecule has 0 radical (unpaired) electrons. The van der Waals surface area contributed by atoms with E-state index < -0.39 is 60.4 Å². The monoisotopic (exact) mass is 562 g/mol. The second-order valence-corrected chi connectivity index (χ2v) is 13.7. The van der Waals surface area contributed by atoms with Gasteiger partial charge in [-0.3, -0.25) is 9.59 Å². The maximum absolute atomic E-state index is 12.2. The Hall–Kier alpha value is -0.340. The molecule has 0 aliphatic heterocycles. The summed E-state index contributed by atoms with van der Waals surface area (Å²) in [6, 6.07) is 0.